The van der Waals surface area contributed by atoms with Gasteiger partial charge in [-0.15, -0.1) is 0 Å². The van der Waals surface area contributed by atoms with Gasteiger partial charge < -0.3 is 20.5 Å². The summed E-state index contributed by atoms with van der Waals surface area (Å²) in [5.41, 5.74) is 0.807. The monoisotopic (exact) mass is 278 g/mol. The Labute approximate surface area is 117 Å². The Morgan fingerprint density at radius 1 is 1.35 bits per heavy atom. The largest absolute Gasteiger partial charge is 0.480 e. The Bertz CT molecular complexity index is 538. The summed E-state index contributed by atoms with van der Waals surface area (Å²) in [4.78, 5) is 22.9. The van der Waals surface area contributed by atoms with Gasteiger partial charge in [-0.05, 0) is 37.5 Å². The zero-order valence-corrected chi connectivity index (χ0v) is 11.5. The van der Waals surface area contributed by atoms with E-state index in [0.29, 0.717) is 29.8 Å². The van der Waals surface area contributed by atoms with Crippen LogP contribution in [-0.2, 0) is 9.53 Å². The number of benzene rings is 1. The number of ether oxygens (including phenoxy) is 1. The zero-order chi connectivity index (χ0) is 14.8. The van der Waals surface area contributed by atoms with Crippen molar-refractivity contribution in [3.05, 3.63) is 23.8 Å². The van der Waals surface area contributed by atoms with Crippen LogP contribution in [0.4, 0.5) is 11.4 Å². The molecule has 20 heavy (non-hydrogen) atoms. The Morgan fingerprint density at radius 3 is 2.50 bits per heavy atom. The minimum absolute atomic E-state index is 0.415. The molecule has 0 spiro atoms. The van der Waals surface area contributed by atoms with Crippen molar-refractivity contribution in [2.45, 2.75) is 24.8 Å². The van der Waals surface area contributed by atoms with Crippen LogP contribution in [0.3, 0.4) is 0 Å². The van der Waals surface area contributed by atoms with Gasteiger partial charge in [0.25, 0.3) is 0 Å². The van der Waals surface area contributed by atoms with Gasteiger partial charge in [0.15, 0.2) is 0 Å². The number of aliphatic carboxylic acids is 1. The third-order valence-corrected chi connectivity index (χ3v) is 3.69. The molecule has 1 aliphatic carbocycles. The molecule has 1 aromatic rings. The fourth-order valence-electron chi connectivity index (χ4n) is 2.32. The minimum atomic E-state index is -0.877. The Morgan fingerprint density at radius 2 is 2.05 bits per heavy atom. The molecule has 2 rings (SSSR count). The Kier molecular flexibility index (Phi) is 3.83. The third kappa shape index (κ3) is 2.41. The highest BCUT2D eigenvalue weighted by molar-refractivity contribution is 5.96. The van der Waals surface area contributed by atoms with Crippen LogP contribution in [0.5, 0.6) is 0 Å². The molecule has 0 radical (unpaired) electrons. The maximum absolute atomic E-state index is 11.6. The lowest BCUT2D eigenvalue weighted by atomic mass is 9.76. The SMILES string of the molecule is CNc1cc(NC2(C(=O)O)CCC2)ccc1C(=O)OC. The van der Waals surface area contributed by atoms with E-state index in [1.165, 1.54) is 7.11 Å². The summed E-state index contributed by atoms with van der Waals surface area (Å²) in [6.45, 7) is 0. The first-order valence-electron chi connectivity index (χ1n) is 6.44. The highest BCUT2D eigenvalue weighted by Crippen LogP contribution is 2.36. The quantitative estimate of drug-likeness (QED) is 0.713. The normalized spacial score (nSPS) is 15.9. The summed E-state index contributed by atoms with van der Waals surface area (Å²) in [6.07, 6.45) is 2.12. The van der Waals surface area contributed by atoms with E-state index in [4.69, 9.17) is 4.74 Å². The number of carbonyl (C=O) groups excluding carboxylic acids is 1. The molecule has 1 saturated carbocycles. The Balaban J connectivity index is 2.26. The highest BCUT2D eigenvalue weighted by Gasteiger charge is 2.44. The molecule has 0 aliphatic heterocycles. The fourth-order valence-corrected chi connectivity index (χ4v) is 2.32. The number of rotatable bonds is 5. The second kappa shape index (κ2) is 5.40. The van der Waals surface area contributed by atoms with Crippen LogP contribution >= 0.6 is 0 Å². The molecule has 0 aromatic heterocycles. The molecule has 1 aromatic carbocycles. The molecule has 0 saturated heterocycles. The lowest BCUT2D eigenvalue weighted by Gasteiger charge is -2.39. The molecule has 0 unspecified atom stereocenters. The van der Waals surface area contributed by atoms with Crippen LogP contribution < -0.4 is 10.6 Å². The van der Waals surface area contributed by atoms with E-state index in [2.05, 4.69) is 10.6 Å². The van der Waals surface area contributed by atoms with E-state index in [9.17, 15) is 14.7 Å². The van der Waals surface area contributed by atoms with Gasteiger partial charge in [0.05, 0.1) is 18.4 Å². The van der Waals surface area contributed by atoms with Gasteiger partial charge in [0, 0.05) is 12.7 Å². The van der Waals surface area contributed by atoms with E-state index in [1.54, 1.807) is 25.2 Å². The third-order valence-electron chi connectivity index (χ3n) is 3.69. The average molecular weight is 278 g/mol. The lowest BCUT2D eigenvalue weighted by molar-refractivity contribution is -0.145. The second-order valence-electron chi connectivity index (χ2n) is 4.87. The second-order valence-corrected chi connectivity index (χ2v) is 4.87. The summed E-state index contributed by atoms with van der Waals surface area (Å²) in [7, 11) is 3.02. The van der Waals surface area contributed by atoms with Crippen molar-refractivity contribution >= 4 is 23.3 Å². The van der Waals surface area contributed by atoms with Gasteiger partial charge in [0.1, 0.15) is 5.54 Å². The van der Waals surface area contributed by atoms with Gasteiger partial charge in [-0.25, -0.2) is 9.59 Å². The first-order valence-corrected chi connectivity index (χ1v) is 6.44. The highest BCUT2D eigenvalue weighted by atomic mass is 16.5. The number of hydrogen-bond acceptors (Lipinski definition) is 5. The van der Waals surface area contributed by atoms with Crippen LogP contribution in [0.2, 0.25) is 0 Å². The number of carboxylic acids is 1. The Hall–Kier alpha value is -2.24. The van der Waals surface area contributed by atoms with Crippen molar-refractivity contribution in [3.8, 4) is 0 Å². The fraction of sp³-hybridized carbons (Fsp3) is 0.429. The molecule has 0 bridgehead atoms. The van der Waals surface area contributed by atoms with Crippen molar-refractivity contribution < 1.29 is 19.4 Å². The number of hydrogen-bond donors (Lipinski definition) is 3. The number of anilines is 2. The molecule has 6 nitrogen and oxygen atoms in total. The molecule has 0 heterocycles. The summed E-state index contributed by atoms with van der Waals surface area (Å²) >= 11 is 0. The predicted molar refractivity (Wildman–Crippen MR) is 75.2 cm³/mol. The maximum Gasteiger partial charge on any atom is 0.339 e. The topological polar surface area (TPSA) is 87.7 Å². The van der Waals surface area contributed by atoms with Crippen molar-refractivity contribution in [2.24, 2.45) is 0 Å². The molecular weight excluding hydrogens is 260 g/mol. The lowest BCUT2D eigenvalue weighted by Crippen LogP contribution is -2.52. The van der Waals surface area contributed by atoms with Gasteiger partial charge >= 0.3 is 11.9 Å². The number of carbonyl (C=O) groups is 2. The standard InChI is InChI=1S/C14H18N2O4/c1-15-11-8-9(4-5-10(11)12(17)20-2)16-14(13(18)19)6-3-7-14/h4-5,8,15-16H,3,6-7H2,1-2H3,(H,18,19). The van der Waals surface area contributed by atoms with Gasteiger partial charge in [-0.3, -0.25) is 0 Å². The zero-order valence-electron chi connectivity index (χ0n) is 11.5. The molecule has 108 valence electrons. The first-order chi connectivity index (χ1) is 9.52. The molecule has 3 N–H and O–H groups in total. The molecule has 1 fully saturated rings. The molecule has 1 aliphatic rings. The average Bonchev–Trinajstić information content (AvgIpc) is 2.41. The van der Waals surface area contributed by atoms with Crippen molar-refractivity contribution in [3.63, 3.8) is 0 Å². The van der Waals surface area contributed by atoms with Gasteiger partial charge in [-0.1, -0.05) is 0 Å². The summed E-state index contributed by atoms with van der Waals surface area (Å²) in [5.74, 6) is -1.27. The van der Waals surface area contributed by atoms with Gasteiger partial charge in [-0.2, -0.15) is 0 Å². The molecular formula is C14H18N2O4. The summed E-state index contributed by atoms with van der Waals surface area (Å²) in [5, 5.41) is 15.3. The van der Waals surface area contributed by atoms with Crippen molar-refractivity contribution in [1.29, 1.82) is 0 Å². The van der Waals surface area contributed by atoms with Crippen LogP contribution in [0.25, 0.3) is 0 Å². The van der Waals surface area contributed by atoms with Crippen LogP contribution in [0.15, 0.2) is 18.2 Å². The summed E-state index contributed by atoms with van der Waals surface area (Å²) < 4.78 is 4.70. The molecule has 0 atom stereocenters. The number of esters is 1. The van der Waals surface area contributed by atoms with Crippen LogP contribution in [0, 0.1) is 0 Å². The van der Waals surface area contributed by atoms with Crippen molar-refractivity contribution in [1.82, 2.24) is 0 Å². The predicted octanol–water partition coefficient (Wildman–Crippen LogP) is 1.93. The van der Waals surface area contributed by atoms with E-state index < -0.39 is 17.5 Å². The molecule has 0 amide bonds. The van der Waals surface area contributed by atoms with E-state index in [-0.39, 0.29) is 0 Å². The van der Waals surface area contributed by atoms with Gasteiger partial charge in [0.2, 0.25) is 0 Å². The number of methoxy groups -OCH3 is 1. The van der Waals surface area contributed by atoms with E-state index in [0.717, 1.165) is 6.42 Å². The number of nitrogens with one attached hydrogen (secondary N) is 2. The minimum Gasteiger partial charge on any atom is -0.480 e. The van der Waals surface area contributed by atoms with Crippen LogP contribution in [0.1, 0.15) is 29.6 Å². The smallest absolute Gasteiger partial charge is 0.339 e. The number of carboxylic acid groups (broad SMARTS) is 1. The van der Waals surface area contributed by atoms with Crippen LogP contribution in [-0.4, -0.2) is 36.7 Å². The van der Waals surface area contributed by atoms with Crippen molar-refractivity contribution in [2.75, 3.05) is 24.8 Å². The first kappa shape index (κ1) is 14.2. The molecule has 6 heteroatoms. The van der Waals surface area contributed by atoms with E-state index >= 15 is 0 Å². The van der Waals surface area contributed by atoms with E-state index in [1.807, 2.05) is 0 Å². The summed E-state index contributed by atoms with van der Waals surface area (Å²) in [6, 6.07) is 5.03. The maximum atomic E-state index is 11.6.